The predicted octanol–water partition coefficient (Wildman–Crippen LogP) is 2.00. The fourth-order valence-corrected chi connectivity index (χ4v) is 0.492. The van der Waals surface area contributed by atoms with Gasteiger partial charge in [-0.25, -0.2) is 4.99 Å². The first-order chi connectivity index (χ1) is 5.38. The van der Waals surface area contributed by atoms with E-state index in [2.05, 4.69) is 11.6 Å². The summed E-state index contributed by atoms with van der Waals surface area (Å²) in [6.45, 7) is 4.60. The Hall–Kier alpha value is -1.26. The summed E-state index contributed by atoms with van der Waals surface area (Å²) in [5.41, 5.74) is 3.85. The number of alkyl halides is 3. The molecule has 0 saturated heterocycles. The van der Waals surface area contributed by atoms with Crippen molar-refractivity contribution >= 4 is 5.71 Å². The third kappa shape index (κ3) is 3.80. The minimum absolute atomic E-state index is 0.0837. The Kier molecular flexibility index (Phi) is 3.53. The van der Waals surface area contributed by atoms with Crippen LogP contribution in [0.1, 0.15) is 6.92 Å². The molecule has 0 heterocycles. The highest BCUT2D eigenvalue weighted by atomic mass is 19.4. The molecule has 0 amide bonds. The van der Waals surface area contributed by atoms with Crippen molar-refractivity contribution in [1.82, 2.24) is 0 Å². The van der Waals surface area contributed by atoms with E-state index >= 15 is 0 Å². The molecule has 2 N–H and O–H groups in total. The molecule has 2 nitrogen and oxygen atoms in total. The molecule has 0 fully saturated rings. The number of allylic oxidation sites excluding steroid dienone is 2. The maximum atomic E-state index is 12.0. The van der Waals surface area contributed by atoms with Gasteiger partial charge in [0, 0.05) is 5.70 Å². The van der Waals surface area contributed by atoms with Gasteiger partial charge in [0.15, 0.2) is 0 Å². The van der Waals surface area contributed by atoms with Crippen LogP contribution < -0.4 is 5.73 Å². The van der Waals surface area contributed by atoms with E-state index in [9.17, 15) is 13.2 Å². The van der Waals surface area contributed by atoms with Crippen molar-refractivity contribution in [3.05, 3.63) is 24.6 Å². The molecule has 0 saturated carbocycles. The zero-order valence-corrected chi connectivity index (χ0v) is 6.52. The Morgan fingerprint density at radius 2 is 2.00 bits per heavy atom. The number of nitrogens with zero attached hydrogens (tertiary/aromatic N) is 1. The van der Waals surface area contributed by atoms with E-state index < -0.39 is 11.9 Å². The van der Waals surface area contributed by atoms with Gasteiger partial charge in [-0.15, -0.1) is 0 Å². The molecule has 0 aliphatic carbocycles. The average molecular weight is 178 g/mol. The van der Waals surface area contributed by atoms with Crippen LogP contribution in [0.15, 0.2) is 29.5 Å². The molecule has 0 aromatic heterocycles. The van der Waals surface area contributed by atoms with Crippen LogP contribution in [0.25, 0.3) is 0 Å². The number of rotatable bonds is 2. The van der Waals surface area contributed by atoms with E-state index in [-0.39, 0.29) is 5.70 Å². The van der Waals surface area contributed by atoms with Gasteiger partial charge in [0.05, 0.1) is 0 Å². The van der Waals surface area contributed by atoms with Crippen molar-refractivity contribution in [2.24, 2.45) is 10.7 Å². The quantitative estimate of drug-likeness (QED) is 0.645. The van der Waals surface area contributed by atoms with Crippen LogP contribution in [0, 0.1) is 0 Å². The van der Waals surface area contributed by atoms with Crippen LogP contribution in [0.2, 0.25) is 0 Å². The molecule has 0 unspecified atom stereocenters. The van der Waals surface area contributed by atoms with Crippen LogP contribution in [-0.4, -0.2) is 11.9 Å². The molecule has 0 atom stereocenters. The topological polar surface area (TPSA) is 38.4 Å². The largest absolute Gasteiger partial charge is 0.433 e. The van der Waals surface area contributed by atoms with Gasteiger partial charge < -0.3 is 5.73 Å². The molecule has 0 aliphatic rings. The fourth-order valence-electron chi connectivity index (χ4n) is 0.492. The monoisotopic (exact) mass is 178 g/mol. The van der Waals surface area contributed by atoms with Crippen molar-refractivity contribution in [2.45, 2.75) is 13.1 Å². The summed E-state index contributed by atoms with van der Waals surface area (Å²) in [6.07, 6.45) is -3.00. The van der Waals surface area contributed by atoms with Gasteiger partial charge in [-0.1, -0.05) is 6.58 Å². The smallest absolute Gasteiger partial charge is 0.405 e. The minimum Gasteiger partial charge on any atom is -0.405 e. The molecule has 5 heteroatoms. The first-order valence-electron chi connectivity index (χ1n) is 3.07. The third-order valence-electron chi connectivity index (χ3n) is 0.856. The zero-order chi connectivity index (χ0) is 9.78. The molecule has 68 valence electrons. The van der Waals surface area contributed by atoms with E-state index in [4.69, 9.17) is 5.73 Å². The van der Waals surface area contributed by atoms with E-state index in [1.807, 2.05) is 0 Å². The molecular weight excluding hydrogens is 169 g/mol. The molecule has 0 radical (unpaired) electrons. The Morgan fingerprint density at radius 3 is 2.25 bits per heavy atom. The van der Waals surface area contributed by atoms with Gasteiger partial charge >= 0.3 is 6.18 Å². The Labute approximate surface area is 68.3 Å². The first kappa shape index (κ1) is 10.7. The number of hydrogen-bond donors (Lipinski definition) is 1. The maximum absolute atomic E-state index is 12.0. The minimum atomic E-state index is -4.48. The average Bonchev–Trinajstić information content (AvgIpc) is 1.83. The first-order valence-corrected chi connectivity index (χ1v) is 3.07. The van der Waals surface area contributed by atoms with Gasteiger partial charge in [0.2, 0.25) is 0 Å². The number of halogens is 3. The Bertz CT molecular complexity index is 225. The second-order valence-electron chi connectivity index (χ2n) is 2.09. The second-order valence-corrected chi connectivity index (χ2v) is 2.09. The van der Waals surface area contributed by atoms with Crippen LogP contribution in [0.5, 0.6) is 0 Å². The molecule has 12 heavy (non-hydrogen) atoms. The molecular formula is C7H9F3N2. The highest BCUT2D eigenvalue weighted by molar-refractivity contribution is 5.99. The standard InChI is InChI=1S/C7H9F3N2/c1-5(2)12-6(3-4-11)7(8,9)10/h3-4H,1,11H2,2H3/b4-3-,12-6?. The van der Waals surface area contributed by atoms with Crippen LogP contribution in [0.3, 0.4) is 0 Å². The SMILES string of the molecule is C=C(C)N=C(/C=C\N)C(F)(F)F. The highest BCUT2D eigenvalue weighted by Gasteiger charge is 2.33. The summed E-state index contributed by atoms with van der Waals surface area (Å²) < 4.78 is 36.0. The Balaban J connectivity index is 4.80. The fraction of sp³-hybridized carbons (Fsp3) is 0.286. The lowest BCUT2D eigenvalue weighted by Gasteiger charge is -2.05. The predicted molar refractivity (Wildman–Crippen MR) is 41.6 cm³/mol. The van der Waals surface area contributed by atoms with E-state index in [1.54, 1.807) is 0 Å². The summed E-state index contributed by atoms with van der Waals surface area (Å²) in [5.74, 6) is 0. The van der Waals surface area contributed by atoms with Gasteiger partial charge in [0.1, 0.15) is 5.71 Å². The zero-order valence-electron chi connectivity index (χ0n) is 6.52. The van der Waals surface area contributed by atoms with Crippen molar-refractivity contribution in [1.29, 1.82) is 0 Å². The van der Waals surface area contributed by atoms with E-state index in [0.29, 0.717) is 6.08 Å². The number of hydrogen-bond acceptors (Lipinski definition) is 2. The molecule has 0 aromatic rings. The summed E-state index contributed by atoms with van der Waals surface area (Å²) in [6, 6.07) is 0. The molecule has 0 spiro atoms. The summed E-state index contributed by atoms with van der Waals surface area (Å²) >= 11 is 0. The summed E-state index contributed by atoms with van der Waals surface area (Å²) in [7, 11) is 0. The van der Waals surface area contributed by atoms with Gasteiger partial charge in [-0.3, -0.25) is 0 Å². The normalized spacial score (nSPS) is 13.8. The van der Waals surface area contributed by atoms with Crippen molar-refractivity contribution in [2.75, 3.05) is 0 Å². The van der Waals surface area contributed by atoms with Crippen LogP contribution in [0.4, 0.5) is 13.2 Å². The molecule has 0 bridgehead atoms. The lowest BCUT2D eigenvalue weighted by atomic mass is 10.3. The highest BCUT2D eigenvalue weighted by Crippen LogP contribution is 2.19. The van der Waals surface area contributed by atoms with E-state index in [0.717, 1.165) is 6.20 Å². The summed E-state index contributed by atoms with van der Waals surface area (Å²) in [5, 5.41) is 0. The molecule has 0 rings (SSSR count). The number of nitrogens with two attached hydrogens (primary N) is 1. The molecule has 0 aliphatic heterocycles. The van der Waals surface area contributed by atoms with Crippen LogP contribution in [-0.2, 0) is 0 Å². The van der Waals surface area contributed by atoms with Crippen LogP contribution >= 0.6 is 0 Å². The maximum Gasteiger partial charge on any atom is 0.433 e. The third-order valence-corrected chi connectivity index (χ3v) is 0.856. The lowest BCUT2D eigenvalue weighted by molar-refractivity contribution is -0.0577. The number of aliphatic imine (C=N–C) groups is 1. The lowest BCUT2D eigenvalue weighted by Crippen LogP contribution is -2.21. The van der Waals surface area contributed by atoms with Crippen molar-refractivity contribution in [3.8, 4) is 0 Å². The van der Waals surface area contributed by atoms with Crippen molar-refractivity contribution in [3.63, 3.8) is 0 Å². The second kappa shape index (κ2) is 3.94. The van der Waals surface area contributed by atoms with E-state index in [1.165, 1.54) is 6.92 Å². The van der Waals surface area contributed by atoms with Gasteiger partial charge in [-0.2, -0.15) is 13.2 Å². The summed E-state index contributed by atoms with van der Waals surface area (Å²) in [4.78, 5) is 3.17. The molecule has 0 aromatic carbocycles. The van der Waals surface area contributed by atoms with Gasteiger partial charge in [0.25, 0.3) is 0 Å². The Morgan fingerprint density at radius 1 is 1.50 bits per heavy atom. The van der Waals surface area contributed by atoms with Crippen molar-refractivity contribution < 1.29 is 13.2 Å². The van der Waals surface area contributed by atoms with Gasteiger partial charge in [-0.05, 0) is 19.2 Å².